The van der Waals surface area contributed by atoms with Gasteiger partial charge in [0.15, 0.2) is 0 Å². The SMILES string of the molecule is COc1ccc(N(Cc2cnccc2C)C2CCN(C(C)CCNC(=O)c3c(C)ccnc3C)CC2)cc1. The zero-order valence-corrected chi connectivity index (χ0v) is 23.4. The van der Waals surface area contributed by atoms with Crippen molar-refractivity contribution in [3.05, 3.63) is 82.9 Å². The van der Waals surface area contributed by atoms with Crippen LogP contribution in [0.15, 0.2) is 55.0 Å². The van der Waals surface area contributed by atoms with Crippen LogP contribution in [0.5, 0.6) is 5.75 Å². The number of amides is 1. The Hall–Kier alpha value is -3.45. The van der Waals surface area contributed by atoms with Gasteiger partial charge in [0.25, 0.3) is 5.91 Å². The molecule has 1 fully saturated rings. The van der Waals surface area contributed by atoms with Gasteiger partial charge in [0.05, 0.1) is 18.4 Å². The molecular formula is C31H41N5O2. The molecule has 3 heterocycles. The number of pyridine rings is 2. The summed E-state index contributed by atoms with van der Waals surface area (Å²) in [4.78, 5) is 26.5. The first-order valence-electron chi connectivity index (χ1n) is 13.6. The highest BCUT2D eigenvalue weighted by Gasteiger charge is 2.27. The van der Waals surface area contributed by atoms with Crippen LogP contribution in [0.1, 0.15) is 58.9 Å². The minimum Gasteiger partial charge on any atom is -0.497 e. The van der Waals surface area contributed by atoms with Crippen LogP contribution in [0.2, 0.25) is 0 Å². The molecule has 0 saturated carbocycles. The highest BCUT2D eigenvalue weighted by atomic mass is 16.5. The molecule has 1 unspecified atom stereocenters. The normalized spacial score (nSPS) is 15.2. The number of likely N-dealkylation sites (tertiary alicyclic amines) is 1. The van der Waals surface area contributed by atoms with Gasteiger partial charge in [-0.25, -0.2) is 0 Å². The molecule has 38 heavy (non-hydrogen) atoms. The van der Waals surface area contributed by atoms with Crippen molar-refractivity contribution in [2.75, 3.05) is 31.6 Å². The van der Waals surface area contributed by atoms with Crippen LogP contribution in [0.4, 0.5) is 5.69 Å². The molecule has 7 nitrogen and oxygen atoms in total. The molecule has 202 valence electrons. The fraction of sp³-hybridized carbons (Fsp3) is 0.452. The van der Waals surface area contributed by atoms with Crippen LogP contribution in [0, 0.1) is 20.8 Å². The van der Waals surface area contributed by atoms with E-state index in [9.17, 15) is 4.79 Å². The van der Waals surface area contributed by atoms with Crippen molar-refractivity contribution in [2.45, 2.75) is 65.6 Å². The maximum atomic E-state index is 12.7. The molecule has 1 aliphatic heterocycles. The van der Waals surface area contributed by atoms with Crippen molar-refractivity contribution in [2.24, 2.45) is 0 Å². The second kappa shape index (κ2) is 12.9. The predicted molar refractivity (Wildman–Crippen MR) is 153 cm³/mol. The maximum absolute atomic E-state index is 12.7. The van der Waals surface area contributed by atoms with E-state index in [1.54, 1.807) is 13.3 Å². The zero-order valence-electron chi connectivity index (χ0n) is 23.4. The smallest absolute Gasteiger partial charge is 0.253 e. The second-order valence-electron chi connectivity index (χ2n) is 10.4. The summed E-state index contributed by atoms with van der Waals surface area (Å²) in [6, 6.07) is 13.2. The maximum Gasteiger partial charge on any atom is 0.253 e. The summed E-state index contributed by atoms with van der Waals surface area (Å²) < 4.78 is 5.39. The van der Waals surface area contributed by atoms with Gasteiger partial charge < -0.3 is 19.9 Å². The number of benzene rings is 1. The van der Waals surface area contributed by atoms with Gasteiger partial charge in [-0.3, -0.25) is 14.8 Å². The molecule has 0 aliphatic carbocycles. The molecule has 4 rings (SSSR count). The lowest BCUT2D eigenvalue weighted by Gasteiger charge is -2.42. The number of methoxy groups -OCH3 is 1. The number of anilines is 1. The topological polar surface area (TPSA) is 70.6 Å². The van der Waals surface area contributed by atoms with E-state index in [0.29, 0.717) is 24.2 Å². The van der Waals surface area contributed by atoms with Crippen LogP contribution in [0.25, 0.3) is 0 Å². The third kappa shape index (κ3) is 6.70. The van der Waals surface area contributed by atoms with Gasteiger partial charge in [-0.05, 0) is 100 Å². The number of nitrogens with zero attached hydrogens (tertiary/aromatic N) is 4. The van der Waals surface area contributed by atoms with Crippen LogP contribution in [0.3, 0.4) is 0 Å². The number of carbonyl (C=O) groups excluding carboxylic acids is 1. The molecule has 7 heteroatoms. The molecular weight excluding hydrogens is 474 g/mol. The molecule has 1 amide bonds. The molecule has 1 N–H and O–H groups in total. The van der Waals surface area contributed by atoms with E-state index in [4.69, 9.17) is 4.74 Å². The van der Waals surface area contributed by atoms with Gasteiger partial charge in [0, 0.05) is 62.5 Å². The number of nitrogens with one attached hydrogen (secondary N) is 1. The van der Waals surface area contributed by atoms with E-state index in [2.05, 4.69) is 57.1 Å². The van der Waals surface area contributed by atoms with Gasteiger partial charge in [0.1, 0.15) is 5.75 Å². The Labute approximate surface area is 227 Å². The van der Waals surface area contributed by atoms with E-state index < -0.39 is 0 Å². The Bertz CT molecular complexity index is 1180. The number of ether oxygens (including phenoxy) is 1. The second-order valence-corrected chi connectivity index (χ2v) is 10.4. The molecule has 3 aromatic rings. The number of aromatic nitrogens is 2. The van der Waals surface area contributed by atoms with Gasteiger partial charge in [0.2, 0.25) is 0 Å². The number of piperidine rings is 1. The van der Waals surface area contributed by atoms with Crippen molar-refractivity contribution in [3.8, 4) is 5.75 Å². The molecule has 1 aliphatic rings. The summed E-state index contributed by atoms with van der Waals surface area (Å²) >= 11 is 0. The van der Waals surface area contributed by atoms with E-state index >= 15 is 0 Å². The highest BCUT2D eigenvalue weighted by Crippen LogP contribution is 2.29. The Morgan fingerprint density at radius 3 is 2.45 bits per heavy atom. The minimum atomic E-state index is -0.0279. The van der Waals surface area contributed by atoms with Crippen molar-refractivity contribution in [3.63, 3.8) is 0 Å². The number of hydrogen-bond acceptors (Lipinski definition) is 6. The summed E-state index contributed by atoms with van der Waals surface area (Å²) in [5, 5.41) is 3.11. The molecule has 1 atom stereocenters. The van der Waals surface area contributed by atoms with Crippen molar-refractivity contribution < 1.29 is 9.53 Å². The fourth-order valence-corrected chi connectivity index (χ4v) is 5.39. The third-order valence-corrected chi connectivity index (χ3v) is 7.88. The van der Waals surface area contributed by atoms with Gasteiger partial charge >= 0.3 is 0 Å². The first-order chi connectivity index (χ1) is 18.4. The van der Waals surface area contributed by atoms with E-state index in [0.717, 1.165) is 55.9 Å². The minimum absolute atomic E-state index is 0.0279. The lowest BCUT2D eigenvalue weighted by atomic mass is 9.99. The monoisotopic (exact) mass is 515 g/mol. The summed E-state index contributed by atoms with van der Waals surface area (Å²) in [7, 11) is 1.70. The molecule has 1 aromatic carbocycles. The van der Waals surface area contributed by atoms with Crippen molar-refractivity contribution in [1.82, 2.24) is 20.2 Å². The number of rotatable bonds is 10. The van der Waals surface area contributed by atoms with Gasteiger partial charge in [-0.1, -0.05) is 0 Å². The predicted octanol–water partition coefficient (Wildman–Crippen LogP) is 5.09. The molecule has 0 spiro atoms. The Morgan fingerprint density at radius 2 is 1.79 bits per heavy atom. The Kier molecular flexibility index (Phi) is 9.34. The number of carbonyl (C=O) groups is 1. The summed E-state index contributed by atoms with van der Waals surface area (Å²) in [6.45, 7) is 11.9. The molecule has 0 radical (unpaired) electrons. The summed E-state index contributed by atoms with van der Waals surface area (Å²) in [6.07, 6.45) is 8.71. The third-order valence-electron chi connectivity index (χ3n) is 7.88. The van der Waals surface area contributed by atoms with Crippen LogP contribution in [-0.4, -0.2) is 59.6 Å². The number of aryl methyl sites for hydroxylation is 3. The van der Waals surface area contributed by atoms with Crippen molar-refractivity contribution in [1.29, 1.82) is 0 Å². The van der Waals surface area contributed by atoms with Crippen molar-refractivity contribution >= 4 is 11.6 Å². The quantitative estimate of drug-likeness (QED) is 0.406. The zero-order chi connectivity index (χ0) is 27.1. The van der Waals surface area contributed by atoms with Crippen LogP contribution in [-0.2, 0) is 6.54 Å². The van der Waals surface area contributed by atoms with Gasteiger partial charge in [-0.15, -0.1) is 0 Å². The van der Waals surface area contributed by atoms with E-state index in [1.165, 1.54) is 16.8 Å². The lowest BCUT2D eigenvalue weighted by Crippen LogP contribution is -2.48. The average molecular weight is 516 g/mol. The lowest BCUT2D eigenvalue weighted by molar-refractivity contribution is 0.0943. The Morgan fingerprint density at radius 1 is 1.08 bits per heavy atom. The van der Waals surface area contributed by atoms with E-state index in [-0.39, 0.29) is 5.91 Å². The molecule has 2 aromatic heterocycles. The highest BCUT2D eigenvalue weighted by molar-refractivity contribution is 5.96. The first-order valence-corrected chi connectivity index (χ1v) is 13.6. The van der Waals surface area contributed by atoms with Crippen LogP contribution >= 0.6 is 0 Å². The fourth-order valence-electron chi connectivity index (χ4n) is 5.39. The van der Waals surface area contributed by atoms with E-state index in [1.807, 2.05) is 44.4 Å². The summed E-state index contributed by atoms with van der Waals surface area (Å²) in [5.41, 5.74) is 6.18. The standard InChI is InChI=1S/C31H41N5O2/c1-22-10-15-32-20-26(22)21-36(27-6-8-29(38-5)9-7-27)28-13-18-35(19-14-28)24(3)12-17-34-31(37)30-23(2)11-16-33-25(30)4/h6-11,15-16,20,24,28H,12-14,17-19,21H2,1-5H3,(H,34,37). The average Bonchev–Trinajstić information content (AvgIpc) is 2.93. The summed E-state index contributed by atoms with van der Waals surface area (Å²) in [5.74, 6) is 0.843. The largest absolute Gasteiger partial charge is 0.497 e. The Balaban J connectivity index is 1.34. The van der Waals surface area contributed by atoms with Crippen LogP contribution < -0.4 is 15.0 Å². The van der Waals surface area contributed by atoms with Gasteiger partial charge in [-0.2, -0.15) is 0 Å². The first kappa shape index (κ1) is 27.6. The number of hydrogen-bond donors (Lipinski definition) is 1. The molecule has 0 bridgehead atoms. The molecule has 1 saturated heterocycles.